The minimum Gasteiger partial charge on any atom is -0.343 e. The molecule has 8 heavy (non-hydrogen) atoms. The highest BCUT2D eigenvalue weighted by molar-refractivity contribution is 5.77. The van der Waals surface area contributed by atoms with Crippen molar-refractivity contribution in [3.8, 4) is 0 Å². The molecule has 1 saturated heterocycles. The number of rotatable bonds is 1. The van der Waals surface area contributed by atoms with Crippen molar-refractivity contribution in [3.05, 3.63) is 6.92 Å². The largest absolute Gasteiger partial charge is 0.343 e. The Morgan fingerprint density at radius 2 is 2.25 bits per heavy atom. The lowest BCUT2D eigenvalue weighted by Gasteiger charge is -2.30. The highest BCUT2D eigenvalue weighted by Crippen LogP contribution is 2.06. The van der Waals surface area contributed by atoms with Crippen molar-refractivity contribution in [2.24, 2.45) is 0 Å². The van der Waals surface area contributed by atoms with E-state index in [1.165, 1.54) is 6.42 Å². The monoisotopic (exact) mass is 112 g/mol. The van der Waals surface area contributed by atoms with Gasteiger partial charge in [-0.3, -0.25) is 4.79 Å². The van der Waals surface area contributed by atoms with Gasteiger partial charge in [-0.15, -0.1) is 0 Å². The third-order valence-corrected chi connectivity index (χ3v) is 1.42. The SMILES string of the molecule is [CH2]CC(=O)N1CCC1. The Hall–Kier alpha value is -0.530. The molecule has 0 unspecified atom stereocenters. The number of carbonyl (C=O) groups excluding carboxylic acids is 1. The van der Waals surface area contributed by atoms with Gasteiger partial charge in [0.25, 0.3) is 0 Å². The van der Waals surface area contributed by atoms with Crippen LogP contribution in [0.15, 0.2) is 0 Å². The number of nitrogens with zero attached hydrogens (tertiary/aromatic N) is 1. The second-order valence-corrected chi connectivity index (χ2v) is 1.98. The lowest BCUT2D eigenvalue weighted by Crippen LogP contribution is -2.41. The van der Waals surface area contributed by atoms with Crippen molar-refractivity contribution in [2.45, 2.75) is 12.8 Å². The highest BCUT2D eigenvalue weighted by Gasteiger charge is 2.17. The van der Waals surface area contributed by atoms with Gasteiger partial charge < -0.3 is 4.90 Å². The molecule has 1 aliphatic heterocycles. The van der Waals surface area contributed by atoms with Crippen LogP contribution < -0.4 is 0 Å². The summed E-state index contributed by atoms with van der Waals surface area (Å²) in [4.78, 5) is 12.5. The van der Waals surface area contributed by atoms with Crippen LogP contribution in [0.4, 0.5) is 0 Å². The summed E-state index contributed by atoms with van der Waals surface area (Å²) in [6, 6.07) is 0. The van der Waals surface area contributed by atoms with Crippen molar-refractivity contribution >= 4 is 5.91 Å². The third-order valence-electron chi connectivity index (χ3n) is 1.42. The Balaban J connectivity index is 2.24. The summed E-state index contributed by atoms with van der Waals surface area (Å²) in [7, 11) is 0. The van der Waals surface area contributed by atoms with Crippen LogP contribution in [-0.4, -0.2) is 23.9 Å². The summed E-state index contributed by atoms with van der Waals surface area (Å²) in [5, 5.41) is 0. The number of hydrogen-bond donors (Lipinski definition) is 0. The van der Waals surface area contributed by atoms with Crippen molar-refractivity contribution in [3.63, 3.8) is 0 Å². The first-order valence-electron chi connectivity index (χ1n) is 2.91. The number of carbonyl (C=O) groups is 1. The predicted octanol–water partition coefficient (Wildman–Crippen LogP) is 0.443. The fourth-order valence-corrected chi connectivity index (χ4v) is 0.724. The van der Waals surface area contributed by atoms with Crippen LogP contribution in [0.2, 0.25) is 0 Å². The Morgan fingerprint density at radius 3 is 2.38 bits per heavy atom. The maximum absolute atomic E-state index is 10.7. The van der Waals surface area contributed by atoms with E-state index in [0.29, 0.717) is 6.42 Å². The van der Waals surface area contributed by atoms with Gasteiger partial charge >= 0.3 is 0 Å². The fourth-order valence-electron chi connectivity index (χ4n) is 0.724. The van der Waals surface area contributed by atoms with E-state index >= 15 is 0 Å². The van der Waals surface area contributed by atoms with E-state index in [2.05, 4.69) is 6.92 Å². The maximum atomic E-state index is 10.7. The number of hydrogen-bond acceptors (Lipinski definition) is 1. The van der Waals surface area contributed by atoms with Crippen LogP contribution in [0.25, 0.3) is 0 Å². The van der Waals surface area contributed by atoms with Crippen LogP contribution in [0.5, 0.6) is 0 Å². The van der Waals surface area contributed by atoms with E-state index in [1.807, 2.05) is 4.90 Å². The summed E-state index contributed by atoms with van der Waals surface area (Å²) in [5.41, 5.74) is 0. The molecule has 1 radical (unpaired) electrons. The highest BCUT2D eigenvalue weighted by atomic mass is 16.2. The molecule has 1 aliphatic rings. The first-order chi connectivity index (χ1) is 3.84. The molecule has 2 heteroatoms. The maximum Gasteiger partial charge on any atom is 0.222 e. The van der Waals surface area contributed by atoms with Gasteiger partial charge in [-0.1, -0.05) is 0 Å². The molecule has 45 valence electrons. The van der Waals surface area contributed by atoms with Gasteiger partial charge in [-0.2, -0.15) is 0 Å². The van der Waals surface area contributed by atoms with Crippen molar-refractivity contribution in [1.29, 1.82) is 0 Å². The van der Waals surface area contributed by atoms with Gasteiger partial charge in [0.1, 0.15) is 0 Å². The molecule has 1 rings (SSSR count). The number of likely N-dealkylation sites (tertiary alicyclic amines) is 1. The molecule has 1 amide bonds. The Kier molecular flexibility index (Phi) is 1.51. The van der Waals surface area contributed by atoms with Gasteiger partial charge in [-0.05, 0) is 13.3 Å². The second kappa shape index (κ2) is 2.16. The van der Waals surface area contributed by atoms with Gasteiger partial charge in [-0.25, -0.2) is 0 Å². The van der Waals surface area contributed by atoms with Crippen LogP contribution >= 0.6 is 0 Å². The average molecular weight is 112 g/mol. The standard InChI is InChI=1S/C6H10NO/c1-2-6(8)7-4-3-5-7/h1-5H2. The molecular formula is C6H10NO. The van der Waals surface area contributed by atoms with E-state index in [1.54, 1.807) is 0 Å². The Labute approximate surface area is 49.5 Å². The van der Waals surface area contributed by atoms with Gasteiger partial charge in [0, 0.05) is 19.5 Å². The molecule has 2 nitrogen and oxygen atoms in total. The molecule has 0 spiro atoms. The summed E-state index contributed by atoms with van der Waals surface area (Å²) >= 11 is 0. The minimum absolute atomic E-state index is 0.191. The molecule has 0 aromatic carbocycles. The summed E-state index contributed by atoms with van der Waals surface area (Å²) in [5.74, 6) is 0.191. The summed E-state index contributed by atoms with van der Waals surface area (Å²) < 4.78 is 0. The predicted molar refractivity (Wildman–Crippen MR) is 31.2 cm³/mol. The smallest absolute Gasteiger partial charge is 0.222 e. The third kappa shape index (κ3) is 0.831. The van der Waals surface area contributed by atoms with Crippen molar-refractivity contribution in [1.82, 2.24) is 4.90 Å². The zero-order chi connectivity index (χ0) is 5.98. The van der Waals surface area contributed by atoms with E-state index in [9.17, 15) is 4.79 Å². The van der Waals surface area contributed by atoms with Gasteiger partial charge in [0.05, 0.1) is 0 Å². The lowest BCUT2D eigenvalue weighted by molar-refractivity contribution is -0.133. The average Bonchev–Trinajstić information content (AvgIpc) is 1.62. The first-order valence-corrected chi connectivity index (χ1v) is 2.91. The zero-order valence-corrected chi connectivity index (χ0v) is 4.89. The molecule has 0 atom stereocenters. The topological polar surface area (TPSA) is 20.3 Å². The number of amides is 1. The van der Waals surface area contributed by atoms with Crippen molar-refractivity contribution in [2.75, 3.05) is 13.1 Å². The summed E-state index contributed by atoms with van der Waals surface area (Å²) in [6.45, 7) is 5.40. The molecule has 0 saturated carbocycles. The zero-order valence-electron chi connectivity index (χ0n) is 4.89. The second-order valence-electron chi connectivity index (χ2n) is 1.98. The first kappa shape index (κ1) is 5.60. The lowest BCUT2D eigenvalue weighted by atomic mass is 10.2. The Bertz CT molecular complexity index is 96.7. The van der Waals surface area contributed by atoms with Crippen LogP contribution in [0, 0.1) is 6.92 Å². The quantitative estimate of drug-likeness (QED) is 0.482. The molecule has 0 aromatic heterocycles. The van der Waals surface area contributed by atoms with E-state index < -0.39 is 0 Å². The molecule has 1 heterocycles. The summed E-state index contributed by atoms with van der Waals surface area (Å²) in [6.07, 6.45) is 1.59. The van der Waals surface area contributed by atoms with E-state index in [0.717, 1.165) is 13.1 Å². The molecule has 0 aliphatic carbocycles. The molecule has 1 fully saturated rings. The van der Waals surface area contributed by atoms with Gasteiger partial charge in [0.15, 0.2) is 0 Å². The normalized spacial score (nSPS) is 17.9. The van der Waals surface area contributed by atoms with Crippen molar-refractivity contribution < 1.29 is 4.79 Å². The Morgan fingerprint density at radius 1 is 1.62 bits per heavy atom. The van der Waals surface area contributed by atoms with Crippen LogP contribution in [0.3, 0.4) is 0 Å². The van der Waals surface area contributed by atoms with E-state index in [4.69, 9.17) is 0 Å². The molecule has 0 aromatic rings. The molecule has 0 bridgehead atoms. The molecular weight excluding hydrogens is 102 g/mol. The van der Waals surface area contributed by atoms with Crippen LogP contribution in [-0.2, 0) is 4.79 Å². The fraction of sp³-hybridized carbons (Fsp3) is 0.667. The van der Waals surface area contributed by atoms with Crippen LogP contribution in [0.1, 0.15) is 12.8 Å². The van der Waals surface area contributed by atoms with E-state index in [-0.39, 0.29) is 5.91 Å². The molecule has 0 N–H and O–H groups in total. The minimum atomic E-state index is 0.191. The van der Waals surface area contributed by atoms with Gasteiger partial charge in [0.2, 0.25) is 5.91 Å².